The number of rotatable bonds is 5. The number of carbonyl (C=O) groups excluding carboxylic acids is 1. The number of methoxy groups -OCH3 is 1. The number of anilines is 1. The molecule has 2 aromatic rings. The molecular formula is C21H21ClN2O4S. The number of ether oxygens (including phenoxy) is 2. The smallest absolute Gasteiger partial charge is 0.283 e. The minimum atomic E-state index is -0.227. The molecule has 1 saturated heterocycles. The molecule has 3 heterocycles. The maximum Gasteiger partial charge on any atom is 0.283 e. The van der Waals surface area contributed by atoms with Gasteiger partial charge in [0, 0.05) is 18.4 Å². The van der Waals surface area contributed by atoms with Crippen LogP contribution < -0.4 is 9.64 Å². The summed E-state index contributed by atoms with van der Waals surface area (Å²) >= 11 is 7.81. The van der Waals surface area contributed by atoms with Gasteiger partial charge in [0.2, 0.25) is 0 Å². The molecule has 4 rings (SSSR count). The maximum atomic E-state index is 13.1. The van der Waals surface area contributed by atoms with Gasteiger partial charge < -0.3 is 13.9 Å². The molecule has 1 fully saturated rings. The number of carbonyl (C=O) groups is 1. The van der Waals surface area contributed by atoms with Crippen LogP contribution in [0.2, 0.25) is 5.02 Å². The first-order valence-corrected chi connectivity index (χ1v) is 10.8. The molecule has 0 bridgehead atoms. The third kappa shape index (κ3) is 4.52. The summed E-state index contributed by atoms with van der Waals surface area (Å²) in [6, 6.07) is 8.80. The predicted octanol–water partition coefficient (Wildman–Crippen LogP) is 4.99. The van der Waals surface area contributed by atoms with Crippen LogP contribution in [0.25, 0.3) is 6.08 Å². The van der Waals surface area contributed by atoms with Gasteiger partial charge in [-0.05, 0) is 49.6 Å². The van der Waals surface area contributed by atoms with E-state index in [0.717, 1.165) is 31.6 Å². The van der Waals surface area contributed by atoms with Crippen molar-refractivity contribution in [3.05, 3.63) is 53.1 Å². The van der Waals surface area contributed by atoms with E-state index in [-0.39, 0.29) is 12.0 Å². The van der Waals surface area contributed by atoms with Crippen LogP contribution >= 0.6 is 23.4 Å². The Bertz CT molecular complexity index is 936. The zero-order valence-corrected chi connectivity index (χ0v) is 17.5. The minimum Gasteiger partial charge on any atom is -0.495 e. The Kier molecular flexibility index (Phi) is 6.28. The summed E-state index contributed by atoms with van der Waals surface area (Å²) in [5.74, 6) is 1.64. The third-order valence-electron chi connectivity index (χ3n) is 4.72. The lowest BCUT2D eigenvalue weighted by atomic mass is 10.1. The molecule has 29 heavy (non-hydrogen) atoms. The molecule has 1 aromatic heterocycles. The summed E-state index contributed by atoms with van der Waals surface area (Å²) in [4.78, 5) is 19.3. The van der Waals surface area contributed by atoms with Crippen LogP contribution in [0, 0.1) is 0 Å². The fraction of sp³-hybridized carbons (Fsp3) is 0.333. The third-order valence-corrected chi connectivity index (χ3v) is 6.08. The quantitative estimate of drug-likeness (QED) is 0.623. The number of furan rings is 1. The van der Waals surface area contributed by atoms with E-state index in [1.807, 2.05) is 0 Å². The van der Waals surface area contributed by atoms with Crippen LogP contribution in [0.4, 0.5) is 5.69 Å². The lowest BCUT2D eigenvalue weighted by Gasteiger charge is -2.24. The molecule has 8 heteroatoms. The number of hydrogen-bond acceptors (Lipinski definition) is 6. The molecule has 1 atom stereocenters. The Morgan fingerprint density at radius 1 is 1.38 bits per heavy atom. The molecule has 1 aromatic carbocycles. The molecule has 1 unspecified atom stereocenters. The summed E-state index contributed by atoms with van der Waals surface area (Å²) in [7, 11) is 1.55. The van der Waals surface area contributed by atoms with Crippen molar-refractivity contribution in [2.45, 2.75) is 25.4 Å². The SMILES string of the molecule is COc1ccc(N2C(=O)/C(=C\c3ccco3)N=C2SCC2CCCCO2)cc1Cl. The largest absolute Gasteiger partial charge is 0.495 e. The van der Waals surface area contributed by atoms with Crippen LogP contribution in [0.3, 0.4) is 0 Å². The van der Waals surface area contributed by atoms with Crippen LogP contribution in [0.15, 0.2) is 51.7 Å². The van der Waals surface area contributed by atoms with Crippen LogP contribution in [-0.4, -0.2) is 36.6 Å². The first kappa shape index (κ1) is 20.1. The van der Waals surface area contributed by atoms with Gasteiger partial charge in [-0.15, -0.1) is 0 Å². The van der Waals surface area contributed by atoms with Crippen molar-refractivity contribution in [2.24, 2.45) is 4.99 Å². The Balaban J connectivity index is 1.62. The molecule has 0 radical (unpaired) electrons. The van der Waals surface area contributed by atoms with Gasteiger partial charge in [-0.3, -0.25) is 9.69 Å². The Morgan fingerprint density at radius 2 is 2.28 bits per heavy atom. The number of thioether (sulfide) groups is 1. The minimum absolute atomic E-state index is 0.172. The number of amidine groups is 1. The van der Waals surface area contributed by atoms with E-state index >= 15 is 0 Å². The van der Waals surface area contributed by atoms with Crippen LogP contribution in [0.1, 0.15) is 25.0 Å². The second-order valence-corrected chi connectivity index (χ2v) is 8.09. The number of hydrogen-bond donors (Lipinski definition) is 0. The van der Waals surface area contributed by atoms with Gasteiger partial charge in [0.15, 0.2) is 5.17 Å². The van der Waals surface area contributed by atoms with E-state index < -0.39 is 0 Å². The molecule has 6 nitrogen and oxygen atoms in total. The summed E-state index contributed by atoms with van der Waals surface area (Å²) in [5, 5.41) is 1.03. The first-order chi connectivity index (χ1) is 14.2. The maximum absolute atomic E-state index is 13.1. The number of benzene rings is 1. The summed E-state index contributed by atoms with van der Waals surface area (Å²) in [5.41, 5.74) is 0.957. The molecule has 2 aliphatic rings. The zero-order valence-electron chi connectivity index (χ0n) is 16.0. The summed E-state index contributed by atoms with van der Waals surface area (Å²) in [6.45, 7) is 0.790. The van der Waals surface area contributed by atoms with Gasteiger partial charge >= 0.3 is 0 Å². The first-order valence-electron chi connectivity index (χ1n) is 9.42. The lowest BCUT2D eigenvalue weighted by molar-refractivity contribution is -0.113. The second kappa shape index (κ2) is 9.07. The highest BCUT2D eigenvalue weighted by molar-refractivity contribution is 8.14. The Morgan fingerprint density at radius 3 is 2.97 bits per heavy atom. The van der Waals surface area contributed by atoms with E-state index in [2.05, 4.69) is 4.99 Å². The van der Waals surface area contributed by atoms with Gasteiger partial charge in [-0.1, -0.05) is 23.4 Å². The molecule has 1 amide bonds. The van der Waals surface area contributed by atoms with Gasteiger partial charge in [-0.2, -0.15) is 0 Å². The molecule has 152 valence electrons. The summed E-state index contributed by atoms with van der Waals surface area (Å²) < 4.78 is 16.4. The zero-order chi connectivity index (χ0) is 20.2. The fourth-order valence-electron chi connectivity index (χ4n) is 3.23. The Labute approximate surface area is 178 Å². The fourth-order valence-corrected chi connectivity index (χ4v) is 4.56. The topological polar surface area (TPSA) is 64.3 Å². The standard InChI is InChI=1S/C21H21ClN2O4S/c1-26-19-8-7-14(11-17(19)22)24-20(25)18(12-15-6-4-10-27-15)23-21(24)29-13-16-5-2-3-9-28-16/h4,6-8,10-12,16H,2-3,5,9,13H2,1H3/b18-12+. The van der Waals surface area contributed by atoms with E-state index in [9.17, 15) is 4.79 Å². The normalized spacial score (nSPS) is 21.0. The predicted molar refractivity (Wildman–Crippen MR) is 116 cm³/mol. The molecular weight excluding hydrogens is 412 g/mol. The lowest BCUT2D eigenvalue weighted by Crippen LogP contribution is -2.31. The molecule has 0 saturated carbocycles. The van der Waals surface area contributed by atoms with E-state index in [4.69, 9.17) is 25.5 Å². The van der Waals surface area contributed by atoms with E-state index in [1.165, 1.54) is 11.8 Å². The van der Waals surface area contributed by atoms with Crippen molar-refractivity contribution >= 4 is 46.2 Å². The van der Waals surface area contributed by atoms with Gasteiger partial charge in [0.1, 0.15) is 17.2 Å². The van der Waals surface area contributed by atoms with Gasteiger partial charge in [0.25, 0.3) is 5.91 Å². The van der Waals surface area contributed by atoms with Crippen molar-refractivity contribution in [1.29, 1.82) is 0 Å². The van der Waals surface area contributed by atoms with Crippen molar-refractivity contribution in [2.75, 3.05) is 24.4 Å². The number of amides is 1. The molecule has 0 N–H and O–H groups in total. The Hall–Kier alpha value is -2.22. The monoisotopic (exact) mass is 432 g/mol. The average Bonchev–Trinajstić information content (AvgIpc) is 3.35. The summed E-state index contributed by atoms with van der Waals surface area (Å²) in [6.07, 6.45) is 6.67. The van der Waals surface area contributed by atoms with Crippen molar-refractivity contribution < 1.29 is 18.7 Å². The average molecular weight is 433 g/mol. The molecule has 0 spiro atoms. The van der Waals surface area contributed by atoms with Crippen molar-refractivity contribution in [3.63, 3.8) is 0 Å². The highest BCUT2D eigenvalue weighted by Crippen LogP contribution is 2.35. The van der Waals surface area contributed by atoms with Crippen molar-refractivity contribution in [3.8, 4) is 5.75 Å². The van der Waals surface area contributed by atoms with Crippen LogP contribution in [0.5, 0.6) is 5.75 Å². The molecule has 2 aliphatic heterocycles. The van der Waals surface area contributed by atoms with Gasteiger partial charge in [-0.25, -0.2) is 4.99 Å². The number of nitrogens with zero attached hydrogens (tertiary/aromatic N) is 2. The number of aliphatic imine (C=N–C) groups is 1. The highest BCUT2D eigenvalue weighted by Gasteiger charge is 2.33. The van der Waals surface area contributed by atoms with E-state index in [0.29, 0.717) is 33.1 Å². The second-order valence-electron chi connectivity index (χ2n) is 6.70. The van der Waals surface area contributed by atoms with Crippen LogP contribution in [-0.2, 0) is 9.53 Å². The number of halogens is 1. The van der Waals surface area contributed by atoms with E-state index in [1.54, 1.807) is 54.7 Å². The van der Waals surface area contributed by atoms with Gasteiger partial charge in [0.05, 0.1) is 30.2 Å². The highest BCUT2D eigenvalue weighted by atomic mass is 35.5. The van der Waals surface area contributed by atoms with Crippen molar-refractivity contribution in [1.82, 2.24) is 0 Å². The molecule has 0 aliphatic carbocycles.